The molecular formula is C12H15N3O5. The average Bonchev–Trinajstić information content (AvgIpc) is 2.50. The van der Waals surface area contributed by atoms with E-state index in [4.69, 9.17) is 15.0 Å². The van der Waals surface area contributed by atoms with Gasteiger partial charge in [-0.2, -0.15) is 0 Å². The first kappa shape index (κ1) is 15.8. The highest BCUT2D eigenvalue weighted by molar-refractivity contribution is 5.80. The van der Waals surface area contributed by atoms with Gasteiger partial charge in [-0.15, -0.1) is 0 Å². The molecule has 1 rings (SSSR count). The standard InChI is InChI=1S/C12H15N3O5/c1-19-10-4-8(11(20-2)3-7(10)6-16)12(18)9(17)5-14-15-13/h3-4,6,9,12,17-18H,5H2,1-2H3. The Bertz CT molecular complexity index is 528. The number of hydrogen-bond donors (Lipinski definition) is 2. The van der Waals surface area contributed by atoms with E-state index in [1.54, 1.807) is 0 Å². The summed E-state index contributed by atoms with van der Waals surface area (Å²) in [4.78, 5) is 13.4. The lowest BCUT2D eigenvalue weighted by molar-refractivity contribution is 0.0228. The second kappa shape index (κ2) is 7.34. The fourth-order valence-electron chi connectivity index (χ4n) is 1.70. The van der Waals surface area contributed by atoms with Gasteiger partial charge in [0.1, 0.15) is 17.6 Å². The van der Waals surface area contributed by atoms with Crippen molar-refractivity contribution in [2.75, 3.05) is 20.8 Å². The summed E-state index contributed by atoms with van der Waals surface area (Å²) in [6.45, 7) is -0.293. The first-order valence-electron chi connectivity index (χ1n) is 5.67. The Morgan fingerprint density at radius 1 is 1.35 bits per heavy atom. The van der Waals surface area contributed by atoms with E-state index in [1.165, 1.54) is 26.4 Å². The van der Waals surface area contributed by atoms with Crippen LogP contribution in [0.3, 0.4) is 0 Å². The molecular weight excluding hydrogens is 266 g/mol. The van der Waals surface area contributed by atoms with Crippen LogP contribution in [0.15, 0.2) is 17.2 Å². The molecule has 0 saturated heterocycles. The number of ether oxygens (including phenoxy) is 2. The fourth-order valence-corrected chi connectivity index (χ4v) is 1.70. The highest BCUT2D eigenvalue weighted by atomic mass is 16.5. The molecule has 2 atom stereocenters. The molecule has 0 fully saturated rings. The molecule has 1 aromatic rings. The highest BCUT2D eigenvalue weighted by Crippen LogP contribution is 2.33. The molecule has 0 aliphatic heterocycles. The molecule has 0 bridgehead atoms. The Labute approximate surface area is 115 Å². The van der Waals surface area contributed by atoms with E-state index in [2.05, 4.69) is 10.0 Å². The average molecular weight is 281 g/mol. The molecule has 8 nitrogen and oxygen atoms in total. The monoisotopic (exact) mass is 281 g/mol. The van der Waals surface area contributed by atoms with Crippen molar-refractivity contribution < 1.29 is 24.5 Å². The highest BCUT2D eigenvalue weighted by Gasteiger charge is 2.23. The van der Waals surface area contributed by atoms with Crippen LogP contribution in [0.25, 0.3) is 10.4 Å². The van der Waals surface area contributed by atoms with Crippen molar-refractivity contribution in [1.29, 1.82) is 0 Å². The Kier molecular flexibility index (Phi) is 5.79. The molecule has 8 heteroatoms. The van der Waals surface area contributed by atoms with E-state index in [1.807, 2.05) is 0 Å². The topological polar surface area (TPSA) is 125 Å². The number of aliphatic hydroxyl groups excluding tert-OH is 2. The molecule has 20 heavy (non-hydrogen) atoms. The third kappa shape index (κ3) is 3.39. The van der Waals surface area contributed by atoms with Crippen LogP contribution in [-0.2, 0) is 0 Å². The second-order valence-electron chi connectivity index (χ2n) is 3.88. The minimum absolute atomic E-state index is 0.223. The van der Waals surface area contributed by atoms with Crippen LogP contribution in [0, 0.1) is 0 Å². The van der Waals surface area contributed by atoms with E-state index in [0.717, 1.165) is 0 Å². The lowest BCUT2D eigenvalue weighted by atomic mass is 10.0. The van der Waals surface area contributed by atoms with Crippen LogP contribution in [0.4, 0.5) is 0 Å². The number of hydrogen-bond acceptors (Lipinski definition) is 6. The summed E-state index contributed by atoms with van der Waals surface area (Å²) in [5.41, 5.74) is 8.69. The van der Waals surface area contributed by atoms with E-state index in [0.29, 0.717) is 6.29 Å². The number of methoxy groups -OCH3 is 2. The molecule has 1 aromatic carbocycles. The largest absolute Gasteiger partial charge is 0.496 e. The molecule has 0 amide bonds. The third-order valence-corrected chi connectivity index (χ3v) is 2.72. The third-order valence-electron chi connectivity index (χ3n) is 2.72. The summed E-state index contributed by atoms with van der Waals surface area (Å²) in [5.74, 6) is 0.464. The van der Waals surface area contributed by atoms with Gasteiger partial charge in [0.2, 0.25) is 0 Å². The van der Waals surface area contributed by atoms with Crippen molar-refractivity contribution in [3.05, 3.63) is 33.7 Å². The Hall–Kier alpha value is -2.28. The second-order valence-corrected chi connectivity index (χ2v) is 3.88. The molecule has 0 aliphatic carbocycles. The Morgan fingerprint density at radius 2 is 2.00 bits per heavy atom. The normalized spacial score (nSPS) is 13.0. The van der Waals surface area contributed by atoms with Crippen LogP contribution >= 0.6 is 0 Å². The molecule has 2 N–H and O–H groups in total. The fraction of sp³-hybridized carbons (Fsp3) is 0.417. The molecule has 0 saturated carbocycles. The van der Waals surface area contributed by atoms with Gasteiger partial charge < -0.3 is 19.7 Å². The Morgan fingerprint density at radius 3 is 2.50 bits per heavy atom. The first-order chi connectivity index (χ1) is 9.58. The van der Waals surface area contributed by atoms with Crippen molar-refractivity contribution in [3.63, 3.8) is 0 Å². The van der Waals surface area contributed by atoms with Gasteiger partial charge in [-0.1, -0.05) is 5.11 Å². The van der Waals surface area contributed by atoms with Crippen molar-refractivity contribution in [2.45, 2.75) is 12.2 Å². The summed E-state index contributed by atoms with van der Waals surface area (Å²) in [5, 5.41) is 23.0. The maximum absolute atomic E-state index is 10.9. The van der Waals surface area contributed by atoms with Gasteiger partial charge in [-0.25, -0.2) is 0 Å². The molecule has 0 aliphatic rings. The summed E-state index contributed by atoms with van der Waals surface area (Å²) >= 11 is 0. The number of rotatable bonds is 7. The maximum atomic E-state index is 10.9. The minimum Gasteiger partial charge on any atom is -0.496 e. The molecule has 0 heterocycles. The molecule has 2 unspecified atom stereocenters. The number of carbonyl (C=O) groups excluding carboxylic acids is 1. The molecule has 0 spiro atoms. The van der Waals surface area contributed by atoms with Crippen molar-refractivity contribution in [1.82, 2.24) is 0 Å². The van der Waals surface area contributed by atoms with Gasteiger partial charge in [0.25, 0.3) is 0 Å². The van der Waals surface area contributed by atoms with Crippen LogP contribution < -0.4 is 9.47 Å². The SMILES string of the molecule is COc1cc(C(O)C(O)CN=[N+]=[N-])c(OC)cc1C=O. The minimum atomic E-state index is -1.34. The van der Waals surface area contributed by atoms with Gasteiger partial charge >= 0.3 is 0 Å². The van der Waals surface area contributed by atoms with Crippen LogP contribution in [0.1, 0.15) is 22.0 Å². The van der Waals surface area contributed by atoms with Crippen LogP contribution in [0.2, 0.25) is 0 Å². The van der Waals surface area contributed by atoms with Gasteiger partial charge in [-0.05, 0) is 17.7 Å². The van der Waals surface area contributed by atoms with Gasteiger partial charge in [0, 0.05) is 10.5 Å². The van der Waals surface area contributed by atoms with E-state index in [9.17, 15) is 15.0 Å². The number of carbonyl (C=O) groups is 1. The molecule has 0 radical (unpaired) electrons. The zero-order valence-electron chi connectivity index (χ0n) is 11.1. The number of azide groups is 1. The van der Waals surface area contributed by atoms with Crippen LogP contribution in [-0.4, -0.2) is 43.4 Å². The number of aldehydes is 1. The maximum Gasteiger partial charge on any atom is 0.153 e. The van der Waals surface area contributed by atoms with Gasteiger partial charge in [0.05, 0.1) is 32.4 Å². The zero-order chi connectivity index (χ0) is 15.1. The molecule has 0 aromatic heterocycles. The summed E-state index contributed by atoms with van der Waals surface area (Å²) in [7, 11) is 2.74. The lowest BCUT2D eigenvalue weighted by Gasteiger charge is -2.20. The molecule has 108 valence electrons. The van der Waals surface area contributed by atoms with E-state index in [-0.39, 0.29) is 29.2 Å². The van der Waals surface area contributed by atoms with Crippen molar-refractivity contribution >= 4 is 6.29 Å². The van der Waals surface area contributed by atoms with Crippen LogP contribution in [0.5, 0.6) is 11.5 Å². The number of aliphatic hydroxyl groups is 2. The van der Waals surface area contributed by atoms with E-state index >= 15 is 0 Å². The van der Waals surface area contributed by atoms with E-state index < -0.39 is 12.2 Å². The smallest absolute Gasteiger partial charge is 0.153 e. The Balaban J connectivity index is 3.20. The quantitative estimate of drug-likeness (QED) is 0.336. The zero-order valence-corrected chi connectivity index (χ0v) is 11.1. The predicted molar refractivity (Wildman–Crippen MR) is 69.9 cm³/mol. The summed E-state index contributed by atoms with van der Waals surface area (Å²) in [6, 6.07) is 2.79. The lowest BCUT2D eigenvalue weighted by Crippen LogP contribution is -2.21. The van der Waals surface area contributed by atoms with Crippen molar-refractivity contribution in [3.8, 4) is 11.5 Å². The van der Waals surface area contributed by atoms with Gasteiger partial charge in [0.15, 0.2) is 6.29 Å². The number of nitrogens with zero attached hydrogens (tertiary/aromatic N) is 3. The van der Waals surface area contributed by atoms with Crippen molar-refractivity contribution in [2.24, 2.45) is 5.11 Å². The summed E-state index contributed by atoms with van der Waals surface area (Å²) in [6.07, 6.45) is -2.05. The van der Waals surface area contributed by atoms with Gasteiger partial charge in [-0.3, -0.25) is 4.79 Å². The first-order valence-corrected chi connectivity index (χ1v) is 5.67. The summed E-state index contributed by atoms with van der Waals surface area (Å²) < 4.78 is 10.1. The predicted octanol–water partition coefficient (Wildman–Crippen LogP) is 1.22. The number of benzene rings is 1.